The van der Waals surface area contributed by atoms with Crippen LogP contribution in [0.3, 0.4) is 0 Å². The molecule has 0 saturated heterocycles. The van der Waals surface area contributed by atoms with Crippen LogP contribution in [0.4, 0.5) is 0 Å². The molecular formula is C33H36N4O6. The van der Waals surface area contributed by atoms with Gasteiger partial charge < -0.3 is 24.8 Å². The van der Waals surface area contributed by atoms with Crippen molar-refractivity contribution in [1.29, 1.82) is 0 Å². The Kier molecular flexibility index (Phi) is 8.25. The minimum atomic E-state index is -0.849. The molecule has 5 rings (SSSR count). The third kappa shape index (κ3) is 5.97. The first-order valence-electron chi connectivity index (χ1n) is 14.1. The van der Waals surface area contributed by atoms with Crippen LogP contribution in [0, 0.1) is 13.8 Å². The Morgan fingerprint density at radius 2 is 1.72 bits per heavy atom. The van der Waals surface area contributed by atoms with Gasteiger partial charge in [0.15, 0.2) is 0 Å². The van der Waals surface area contributed by atoms with E-state index in [9.17, 15) is 20.4 Å². The van der Waals surface area contributed by atoms with Crippen LogP contribution in [0.2, 0.25) is 0 Å². The lowest BCUT2D eigenvalue weighted by Gasteiger charge is -2.13. The van der Waals surface area contributed by atoms with Crippen molar-refractivity contribution in [2.24, 2.45) is 9.98 Å². The van der Waals surface area contributed by atoms with E-state index in [0.29, 0.717) is 18.6 Å². The number of aryl methyl sites for hydroxylation is 1. The predicted octanol–water partition coefficient (Wildman–Crippen LogP) is 4.83. The zero-order valence-corrected chi connectivity index (χ0v) is 24.8. The van der Waals surface area contributed by atoms with Crippen LogP contribution in [0.15, 0.2) is 68.7 Å². The van der Waals surface area contributed by atoms with Crippen molar-refractivity contribution < 1.29 is 30.2 Å². The van der Waals surface area contributed by atoms with Gasteiger partial charge in [0.05, 0.1) is 23.2 Å². The molecule has 10 nitrogen and oxygen atoms in total. The minimum absolute atomic E-state index is 0.0223. The average Bonchev–Trinajstić information content (AvgIpc) is 3.64. The summed E-state index contributed by atoms with van der Waals surface area (Å²) in [5.41, 5.74) is 10.6. The smallest absolute Gasteiger partial charge is 0.303 e. The summed E-state index contributed by atoms with van der Waals surface area (Å²) >= 11 is 0. The SMILES string of the molecule is C=C(CC1=C(C)C2=Cc3[nH]c(c(C)c3CC(=C)OO)CC3N=C(C=c4cc(C)c([nH]4)=CC1=N2)C(C)=C3CCC(=O)O)OO. The highest BCUT2D eigenvalue weighted by molar-refractivity contribution is 6.24. The molecule has 2 aromatic heterocycles. The number of hydrogen-bond acceptors (Lipinski definition) is 7. The Bertz CT molecular complexity index is 1830. The van der Waals surface area contributed by atoms with Crippen LogP contribution < -0.4 is 10.7 Å². The Balaban J connectivity index is 1.76. The van der Waals surface area contributed by atoms with Gasteiger partial charge in [-0.2, -0.15) is 0 Å². The van der Waals surface area contributed by atoms with Crippen molar-refractivity contribution in [3.63, 3.8) is 0 Å². The molecule has 0 amide bonds. The van der Waals surface area contributed by atoms with Gasteiger partial charge in [-0.05, 0) is 97.4 Å². The fourth-order valence-corrected chi connectivity index (χ4v) is 5.95. The van der Waals surface area contributed by atoms with Crippen molar-refractivity contribution in [2.75, 3.05) is 0 Å². The first-order valence-corrected chi connectivity index (χ1v) is 14.1. The summed E-state index contributed by atoms with van der Waals surface area (Å²) in [6.07, 6.45) is 7.42. The molecular weight excluding hydrogens is 548 g/mol. The molecule has 0 saturated carbocycles. The minimum Gasteiger partial charge on any atom is -0.481 e. The molecule has 5 heterocycles. The van der Waals surface area contributed by atoms with Crippen LogP contribution in [0.1, 0.15) is 61.2 Å². The Labute approximate surface area is 249 Å². The number of allylic oxidation sites excluding steroid dienone is 4. The number of aromatic nitrogens is 2. The molecule has 1 atom stereocenters. The van der Waals surface area contributed by atoms with Gasteiger partial charge in [-0.1, -0.05) is 13.2 Å². The molecule has 0 radical (unpaired) electrons. The van der Waals surface area contributed by atoms with E-state index in [2.05, 4.69) is 32.9 Å². The number of nitrogens with zero attached hydrogens (tertiary/aromatic N) is 2. The van der Waals surface area contributed by atoms with Gasteiger partial charge in [-0.25, -0.2) is 15.5 Å². The molecule has 0 fully saturated rings. The quantitative estimate of drug-likeness (QED) is 0.162. The molecule has 224 valence electrons. The van der Waals surface area contributed by atoms with Crippen LogP contribution in [0.25, 0.3) is 18.2 Å². The number of rotatable bonds is 9. The van der Waals surface area contributed by atoms with Gasteiger partial charge in [0, 0.05) is 47.8 Å². The molecule has 0 aromatic carbocycles. The van der Waals surface area contributed by atoms with E-state index in [1.807, 2.05) is 52.0 Å². The maximum atomic E-state index is 11.5. The highest BCUT2D eigenvalue weighted by Gasteiger charge is 2.28. The number of aromatic amines is 2. The van der Waals surface area contributed by atoms with Crippen molar-refractivity contribution in [1.82, 2.24) is 9.97 Å². The number of fused-ring (bicyclic) bond motifs is 6. The van der Waals surface area contributed by atoms with Gasteiger partial charge in [-0.3, -0.25) is 9.79 Å². The molecule has 2 aromatic rings. The molecule has 8 bridgehead atoms. The number of carboxylic acid groups (broad SMARTS) is 1. The zero-order valence-electron chi connectivity index (χ0n) is 24.8. The van der Waals surface area contributed by atoms with Crippen LogP contribution in [0.5, 0.6) is 0 Å². The number of carbonyl (C=O) groups is 1. The lowest BCUT2D eigenvalue weighted by atomic mass is 9.94. The topological polar surface area (TPSA) is 153 Å². The first kappa shape index (κ1) is 29.8. The summed E-state index contributed by atoms with van der Waals surface area (Å²) in [6, 6.07) is 1.81. The summed E-state index contributed by atoms with van der Waals surface area (Å²) in [5, 5.41) is 29.7. The normalized spacial score (nSPS) is 17.6. The second-order valence-electron chi connectivity index (χ2n) is 11.3. The molecule has 0 spiro atoms. The summed E-state index contributed by atoms with van der Waals surface area (Å²) < 4.78 is 0. The molecule has 1 unspecified atom stereocenters. The average molecular weight is 585 g/mol. The van der Waals surface area contributed by atoms with Gasteiger partial charge in [-0.15, -0.1) is 0 Å². The lowest BCUT2D eigenvalue weighted by molar-refractivity contribution is -0.204. The zero-order chi connectivity index (χ0) is 31.0. The Hall–Kier alpha value is -4.67. The van der Waals surface area contributed by atoms with E-state index in [0.717, 1.165) is 72.5 Å². The number of aliphatic imine (C=N–C) groups is 2. The number of carboxylic acids is 1. The fourth-order valence-electron chi connectivity index (χ4n) is 5.95. The third-order valence-electron chi connectivity index (χ3n) is 8.41. The van der Waals surface area contributed by atoms with Crippen molar-refractivity contribution in [3.8, 4) is 0 Å². The van der Waals surface area contributed by atoms with Gasteiger partial charge >= 0.3 is 5.97 Å². The fraction of sp³-hybridized carbons (Fsp3) is 0.303. The largest absolute Gasteiger partial charge is 0.481 e. The monoisotopic (exact) mass is 584 g/mol. The van der Waals surface area contributed by atoms with Gasteiger partial charge in [0.25, 0.3) is 0 Å². The third-order valence-corrected chi connectivity index (χ3v) is 8.41. The molecule has 0 aliphatic carbocycles. The van der Waals surface area contributed by atoms with E-state index in [-0.39, 0.29) is 36.8 Å². The second-order valence-corrected chi connectivity index (χ2v) is 11.3. The van der Waals surface area contributed by atoms with E-state index >= 15 is 0 Å². The Morgan fingerprint density at radius 3 is 2.42 bits per heavy atom. The predicted molar refractivity (Wildman–Crippen MR) is 166 cm³/mol. The van der Waals surface area contributed by atoms with Crippen LogP contribution in [-0.4, -0.2) is 49.0 Å². The molecule has 3 aliphatic heterocycles. The van der Waals surface area contributed by atoms with Crippen molar-refractivity contribution in [2.45, 2.75) is 65.8 Å². The molecule has 3 aliphatic rings. The summed E-state index contributed by atoms with van der Waals surface area (Å²) in [4.78, 5) is 37.5. The first-order chi connectivity index (χ1) is 20.5. The number of hydrogen-bond donors (Lipinski definition) is 5. The number of H-pyrrole nitrogens is 2. The van der Waals surface area contributed by atoms with Gasteiger partial charge in [0.1, 0.15) is 11.5 Å². The highest BCUT2D eigenvalue weighted by atomic mass is 17.1. The van der Waals surface area contributed by atoms with Gasteiger partial charge in [0.2, 0.25) is 0 Å². The molecule has 5 N–H and O–H groups in total. The maximum Gasteiger partial charge on any atom is 0.303 e. The summed E-state index contributed by atoms with van der Waals surface area (Å²) in [5.74, 6) is -0.457. The standard InChI is InChI=1S/C33H36N4O6/c1-16-9-22-12-27-19(4)23(7-8-33(38)39)30(35-27)14-28-21(6)25(11-18(3)43-41)32(37-28)15-29-20(5)24(10-17(2)42-40)31(36-29)13-26(16)34-22/h9,12-13,15,30,34,37,40-41H,2-3,7-8,10-11,14H2,1,4-6H3,(H,38,39). The summed E-state index contributed by atoms with van der Waals surface area (Å²) in [6.45, 7) is 15.6. The van der Waals surface area contributed by atoms with Crippen molar-refractivity contribution in [3.05, 3.63) is 97.5 Å². The molecule has 10 heteroatoms. The van der Waals surface area contributed by atoms with Crippen LogP contribution in [-0.2, 0) is 27.4 Å². The van der Waals surface area contributed by atoms with E-state index in [4.69, 9.17) is 9.98 Å². The van der Waals surface area contributed by atoms with Crippen LogP contribution >= 0.6 is 0 Å². The second kappa shape index (κ2) is 11.9. The lowest BCUT2D eigenvalue weighted by Crippen LogP contribution is -2.15. The number of aliphatic carboxylic acids is 1. The van der Waals surface area contributed by atoms with Crippen molar-refractivity contribution >= 4 is 35.6 Å². The van der Waals surface area contributed by atoms with E-state index in [1.54, 1.807) is 0 Å². The van der Waals surface area contributed by atoms with E-state index < -0.39 is 5.97 Å². The maximum absolute atomic E-state index is 11.5. The van der Waals surface area contributed by atoms with E-state index in [1.165, 1.54) is 0 Å². The highest BCUT2D eigenvalue weighted by Crippen LogP contribution is 2.35. The Morgan fingerprint density at radius 1 is 1.00 bits per heavy atom. The molecule has 43 heavy (non-hydrogen) atoms. The number of nitrogens with one attached hydrogen (secondary N) is 2. The summed E-state index contributed by atoms with van der Waals surface area (Å²) in [7, 11) is 0.